The lowest BCUT2D eigenvalue weighted by Crippen LogP contribution is -2.59. The molecule has 16 heteroatoms. The quantitative estimate of drug-likeness (QED) is 0.0388. The number of nitrogens with one attached hydrogen (secondary N) is 5. The number of benzene rings is 3. The van der Waals surface area contributed by atoms with Crippen molar-refractivity contribution in [1.29, 1.82) is 0 Å². The number of nitrogens with zero attached hydrogens (tertiary/aromatic N) is 1. The maximum absolute atomic E-state index is 13.9. The van der Waals surface area contributed by atoms with Gasteiger partial charge in [0.05, 0.1) is 5.56 Å². The second-order valence-electron chi connectivity index (χ2n) is 12.2. The summed E-state index contributed by atoms with van der Waals surface area (Å²) in [4.78, 5) is 70.1. The van der Waals surface area contributed by atoms with Crippen LogP contribution in [0.3, 0.4) is 0 Å². The standard InChI is InChI=1S/C35H44N10O6/c1-19-14-21(46)16-26-23(19)17-28(42-26)34(51)43-25(12-7-13-40-35(38)39)32(49)44-27(15-20-8-3-2-4-9-20)33(50)45-29(30(37)47)18-41-31(48)22-10-5-6-11-24(22)36/h2-6,8-11,14,16,25,27-29,42,46H,7,12-13,15,17-18,36H2,1H3,(H2,37,47)(H,41,48)(H,43,51)(H,44,49)(H,45,50)(H4,38,39,40)/t25-,27+,28+,29+/m1/s1. The van der Waals surface area contributed by atoms with Crippen LogP contribution >= 0.6 is 0 Å². The Morgan fingerprint density at radius 1 is 0.902 bits per heavy atom. The van der Waals surface area contributed by atoms with Crippen molar-refractivity contribution in [3.63, 3.8) is 0 Å². The van der Waals surface area contributed by atoms with Crippen LogP contribution in [0.2, 0.25) is 0 Å². The summed E-state index contributed by atoms with van der Waals surface area (Å²) in [7, 11) is 0. The second kappa shape index (κ2) is 17.4. The molecule has 0 aliphatic carbocycles. The van der Waals surface area contributed by atoms with E-state index in [2.05, 4.69) is 31.6 Å². The number of primary amides is 1. The topological polar surface area (TPSA) is 282 Å². The van der Waals surface area contributed by atoms with E-state index in [1.54, 1.807) is 54.6 Å². The van der Waals surface area contributed by atoms with Gasteiger partial charge in [0.25, 0.3) is 5.91 Å². The highest BCUT2D eigenvalue weighted by molar-refractivity contribution is 6.00. The van der Waals surface area contributed by atoms with Gasteiger partial charge in [-0.05, 0) is 54.7 Å². The minimum Gasteiger partial charge on any atom is -0.508 e. The Balaban J connectivity index is 1.50. The van der Waals surface area contributed by atoms with Crippen molar-refractivity contribution in [1.82, 2.24) is 21.3 Å². The van der Waals surface area contributed by atoms with Crippen molar-refractivity contribution in [2.45, 2.75) is 56.8 Å². The van der Waals surface area contributed by atoms with Gasteiger partial charge in [-0.2, -0.15) is 0 Å². The molecule has 270 valence electrons. The second-order valence-corrected chi connectivity index (χ2v) is 12.2. The number of phenols is 1. The van der Waals surface area contributed by atoms with E-state index in [-0.39, 0.29) is 48.9 Å². The number of hydrogen-bond donors (Lipinski definition) is 10. The lowest BCUT2D eigenvalue weighted by atomic mass is 10.0. The van der Waals surface area contributed by atoms with Crippen LogP contribution in [0.1, 0.15) is 39.9 Å². The fraction of sp³-hybridized carbons (Fsp3) is 0.314. The van der Waals surface area contributed by atoms with Gasteiger partial charge in [0, 0.05) is 43.4 Å². The molecule has 4 rings (SSSR count). The molecule has 3 aromatic carbocycles. The van der Waals surface area contributed by atoms with E-state index < -0.39 is 53.7 Å². The zero-order chi connectivity index (χ0) is 37.1. The third-order valence-electron chi connectivity index (χ3n) is 8.34. The van der Waals surface area contributed by atoms with Crippen LogP contribution in [0.5, 0.6) is 5.75 Å². The number of aryl methyl sites for hydroxylation is 1. The number of carbonyl (C=O) groups is 5. The fourth-order valence-electron chi connectivity index (χ4n) is 5.66. The summed E-state index contributed by atoms with van der Waals surface area (Å²) in [6.45, 7) is 1.66. The number of fused-ring (bicyclic) bond motifs is 1. The van der Waals surface area contributed by atoms with Crippen LogP contribution in [0.25, 0.3) is 0 Å². The maximum atomic E-state index is 13.9. The van der Waals surface area contributed by atoms with E-state index in [9.17, 15) is 29.1 Å². The Labute approximate surface area is 294 Å². The van der Waals surface area contributed by atoms with Crippen molar-refractivity contribution in [3.05, 3.63) is 89.0 Å². The van der Waals surface area contributed by atoms with Crippen molar-refractivity contribution in [2.75, 3.05) is 24.1 Å². The van der Waals surface area contributed by atoms with Gasteiger partial charge in [-0.3, -0.25) is 29.0 Å². The number of para-hydroxylation sites is 1. The molecule has 51 heavy (non-hydrogen) atoms. The summed E-state index contributed by atoms with van der Waals surface area (Å²) in [6.07, 6.45) is 0.781. The molecule has 0 fully saturated rings. The normalized spacial score (nSPS) is 14.8. The average Bonchev–Trinajstić information content (AvgIpc) is 3.52. The molecule has 1 aliphatic heterocycles. The smallest absolute Gasteiger partial charge is 0.253 e. The molecular weight excluding hydrogens is 656 g/mol. The average molecular weight is 701 g/mol. The molecule has 3 aromatic rings. The van der Waals surface area contributed by atoms with E-state index in [0.717, 1.165) is 11.1 Å². The highest BCUT2D eigenvalue weighted by Gasteiger charge is 2.33. The van der Waals surface area contributed by atoms with Gasteiger partial charge in [-0.25, -0.2) is 0 Å². The van der Waals surface area contributed by atoms with Gasteiger partial charge in [0.15, 0.2) is 5.96 Å². The van der Waals surface area contributed by atoms with E-state index >= 15 is 0 Å². The Morgan fingerprint density at radius 2 is 1.57 bits per heavy atom. The third-order valence-corrected chi connectivity index (χ3v) is 8.34. The molecule has 0 aromatic heterocycles. The minimum atomic E-state index is -1.34. The fourth-order valence-corrected chi connectivity index (χ4v) is 5.66. The van der Waals surface area contributed by atoms with Crippen molar-refractivity contribution in [3.8, 4) is 5.75 Å². The van der Waals surface area contributed by atoms with Crippen molar-refractivity contribution >= 4 is 46.9 Å². The highest BCUT2D eigenvalue weighted by atomic mass is 16.3. The lowest BCUT2D eigenvalue weighted by molar-refractivity contribution is -0.133. The molecule has 4 atom stereocenters. The number of nitrogen functional groups attached to an aromatic ring is 1. The van der Waals surface area contributed by atoms with Crippen LogP contribution in [-0.4, -0.2) is 77.9 Å². The van der Waals surface area contributed by atoms with Gasteiger partial charge in [-0.15, -0.1) is 0 Å². The Bertz CT molecular complexity index is 1780. The first-order valence-corrected chi connectivity index (χ1v) is 16.3. The molecule has 14 N–H and O–H groups in total. The Hall–Kier alpha value is -6.32. The van der Waals surface area contributed by atoms with Crippen molar-refractivity contribution in [2.24, 2.45) is 22.2 Å². The van der Waals surface area contributed by atoms with Crippen LogP contribution in [0.4, 0.5) is 11.4 Å². The number of hydrogen-bond acceptors (Lipinski definition) is 9. The zero-order valence-electron chi connectivity index (χ0n) is 28.1. The maximum Gasteiger partial charge on any atom is 0.253 e. The predicted octanol–water partition coefficient (Wildman–Crippen LogP) is -0.715. The molecule has 0 spiro atoms. The first-order chi connectivity index (χ1) is 24.3. The molecule has 0 saturated carbocycles. The van der Waals surface area contributed by atoms with Gasteiger partial charge in [0.1, 0.15) is 29.9 Å². The molecule has 1 aliphatic rings. The number of anilines is 2. The number of aliphatic imine (C=N–C) groups is 1. The zero-order valence-corrected chi connectivity index (χ0v) is 28.1. The number of nitrogens with two attached hydrogens (primary N) is 4. The molecule has 0 saturated heterocycles. The number of aromatic hydroxyl groups is 1. The molecule has 0 bridgehead atoms. The predicted molar refractivity (Wildman–Crippen MR) is 192 cm³/mol. The molecule has 5 amide bonds. The number of phenolic OH excluding ortho intramolecular Hbond substituents is 1. The number of carbonyl (C=O) groups excluding carboxylic acids is 5. The summed E-state index contributed by atoms with van der Waals surface area (Å²) < 4.78 is 0. The van der Waals surface area contributed by atoms with E-state index in [4.69, 9.17) is 22.9 Å². The first-order valence-electron chi connectivity index (χ1n) is 16.3. The lowest BCUT2D eigenvalue weighted by Gasteiger charge is -2.26. The van der Waals surface area contributed by atoms with Crippen LogP contribution in [0, 0.1) is 6.92 Å². The summed E-state index contributed by atoms with van der Waals surface area (Å²) in [5, 5.41) is 23.7. The molecule has 16 nitrogen and oxygen atoms in total. The Morgan fingerprint density at radius 3 is 2.25 bits per heavy atom. The largest absolute Gasteiger partial charge is 0.508 e. The van der Waals surface area contributed by atoms with Gasteiger partial charge in [0.2, 0.25) is 23.6 Å². The SMILES string of the molecule is Cc1cc(O)cc2c1C[C@@H](C(=O)N[C@H](CCCN=C(N)N)C(=O)N[C@@H](Cc1ccccc1)C(=O)N[C@@H](CNC(=O)c1ccccc1N)C(N)=O)N2. The minimum absolute atomic E-state index is 0.0216. The summed E-state index contributed by atoms with van der Waals surface area (Å²) in [5.74, 6) is -3.46. The molecule has 1 heterocycles. The van der Waals surface area contributed by atoms with E-state index in [1.807, 2.05) is 6.92 Å². The first kappa shape index (κ1) is 37.5. The van der Waals surface area contributed by atoms with Crippen LogP contribution < -0.4 is 49.5 Å². The molecular formula is C35H44N10O6. The van der Waals surface area contributed by atoms with E-state index in [1.165, 1.54) is 12.1 Å². The Kier molecular flexibility index (Phi) is 12.8. The van der Waals surface area contributed by atoms with Crippen LogP contribution in [-0.2, 0) is 32.0 Å². The summed E-state index contributed by atoms with van der Waals surface area (Å²) in [5.41, 5.74) is 25.8. The van der Waals surface area contributed by atoms with Gasteiger partial charge in [-0.1, -0.05) is 42.5 Å². The summed E-state index contributed by atoms with van der Waals surface area (Å²) in [6, 6.07) is 13.9. The number of guanidine groups is 1. The third kappa shape index (κ3) is 10.6. The highest BCUT2D eigenvalue weighted by Crippen LogP contribution is 2.32. The monoisotopic (exact) mass is 700 g/mol. The van der Waals surface area contributed by atoms with E-state index in [0.29, 0.717) is 24.1 Å². The van der Waals surface area contributed by atoms with Gasteiger partial charge >= 0.3 is 0 Å². The molecule has 0 unspecified atom stereocenters. The van der Waals surface area contributed by atoms with Crippen LogP contribution in [0.15, 0.2) is 71.7 Å². The molecule has 0 radical (unpaired) electrons. The number of amides is 5. The summed E-state index contributed by atoms with van der Waals surface area (Å²) >= 11 is 0. The van der Waals surface area contributed by atoms with Crippen molar-refractivity contribution < 1.29 is 29.1 Å². The number of rotatable bonds is 16. The van der Waals surface area contributed by atoms with Gasteiger partial charge < -0.3 is 54.6 Å².